The van der Waals surface area contributed by atoms with Crippen molar-refractivity contribution in [2.75, 3.05) is 0 Å². The van der Waals surface area contributed by atoms with Gasteiger partial charge in [-0.25, -0.2) is 4.98 Å². The van der Waals surface area contributed by atoms with E-state index in [1.165, 1.54) is 11.9 Å². The number of benzene rings is 3. The quantitative estimate of drug-likeness (QED) is 0.423. The molecule has 1 heterocycles. The van der Waals surface area contributed by atoms with Crippen molar-refractivity contribution in [3.8, 4) is 0 Å². The summed E-state index contributed by atoms with van der Waals surface area (Å²) >= 11 is 1.76. The van der Waals surface area contributed by atoms with E-state index >= 15 is 0 Å². The molecule has 1 aromatic heterocycles. The fraction of sp³-hybridized carbons (Fsp3) is 0.125. The molecular formula is C24H22N4OS. The topological polar surface area (TPSA) is 59.8 Å². The number of hydrogen-bond donors (Lipinski definition) is 1. The number of amides is 1. The Morgan fingerprint density at radius 2 is 1.63 bits per heavy atom. The number of thioether (sulfide) groups is 1. The van der Waals surface area contributed by atoms with Gasteiger partial charge in [0.15, 0.2) is 0 Å². The lowest BCUT2D eigenvalue weighted by atomic mass is 10.1. The van der Waals surface area contributed by atoms with E-state index in [9.17, 15) is 4.79 Å². The molecule has 6 heteroatoms. The third-order valence-corrected chi connectivity index (χ3v) is 5.79. The van der Waals surface area contributed by atoms with Gasteiger partial charge in [-0.05, 0) is 35.4 Å². The first-order valence-corrected chi connectivity index (χ1v) is 10.7. The largest absolute Gasteiger partial charge is 0.343 e. The molecule has 4 rings (SSSR count). The molecule has 0 radical (unpaired) electrons. The number of hydrogen-bond acceptors (Lipinski definition) is 4. The molecule has 1 amide bonds. The Hall–Kier alpha value is -3.38. The number of aromatic nitrogens is 3. The standard InChI is InChI=1S/C24H22N4OS/c29-24(21-11-13-22(14-12-21)30-16-19-7-3-1-4-8-19)27-23(15-28-18-25-17-26-28)20-9-5-2-6-10-20/h1-14,17-18,23H,15-16H2,(H,27,29). The van der Waals surface area contributed by atoms with Crippen molar-refractivity contribution in [2.24, 2.45) is 0 Å². The summed E-state index contributed by atoms with van der Waals surface area (Å²) in [6.45, 7) is 0.515. The van der Waals surface area contributed by atoms with Gasteiger partial charge in [0.2, 0.25) is 0 Å². The Balaban J connectivity index is 1.41. The fourth-order valence-electron chi connectivity index (χ4n) is 3.12. The van der Waals surface area contributed by atoms with Gasteiger partial charge >= 0.3 is 0 Å². The highest BCUT2D eigenvalue weighted by atomic mass is 32.2. The van der Waals surface area contributed by atoms with Crippen molar-refractivity contribution in [1.82, 2.24) is 20.1 Å². The predicted octanol–water partition coefficient (Wildman–Crippen LogP) is 4.74. The molecule has 5 nitrogen and oxygen atoms in total. The van der Waals surface area contributed by atoms with Crippen molar-refractivity contribution >= 4 is 17.7 Å². The molecule has 0 aliphatic rings. The summed E-state index contributed by atoms with van der Waals surface area (Å²) in [6, 6.07) is 27.8. The molecule has 3 aromatic carbocycles. The third-order valence-electron chi connectivity index (χ3n) is 4.71. The van der Waals surface area contributed by atoms with Crippen LogP contribution in [0.1, 0.15) is 27.5 Å². The maximum atomic E-state index is 12.9. The summed E-state index contributed by atoms with van der Waals surface area (Å²) in [5.74, 6) is 0.795. The molecule has 0 saturated heterocycles. The molecule has 0 bridgehead atoms. The summed E-state index contributed by atoms with van der Waals surface area (Å²) in [7, 11) is 0. The van der Waals surface area contributed by atoms with Gasteiger partial charge in [0, 0.05) is 16.2 Å². The molecule has 0 fully saturated rings. The van der Waals surface area contributed by atoms with Crippen LogP contribution in [0, 0.1) is 0 Å². The molecule has 1 unspecified atom stereocenters. The summed E-state index contributed by atoms with van der Waals surface area (Å²) in [5.41, 5.74) is 2.94. The molecule has 30 heavy (non-hydrogen) atoms. The number of carbonyl (C=O) groups is 1. The van der Waals surface area contributed by atoms with Gasteiger partial charge in [-0.15, -0.1) is 11.8 Å². The highest BCUT2D eigenvalue weighted by molar-refractivity contribution is 7.98. The van der Waals surface area contributed by atoms with E-state index in [4.69, 9.17) is 0 Å². The summed E-state index contributed by atoms with van der Waals surface area (Å²) in [5, 5.41) is 7.30. The van der Waals surface area contributed by atoms with Gasteiger partial charge in [-0.2, -0.15) is 5.10 Å². The minimum Gasteiger partial charge on any atom is -0.343 e. The molecule has 0 spiro atoms. The second kappa shape index (κ2) is 9.89. The van der Waals surface area contributed by atoms with Crippen LogP contribution >= 0.6 is 11.8 Å². The normalized spacial score (nSPS) is 11.7. The smallest absolute Gasteiger partial charge is 0.251 e. The Labute approximate surface area is 180 Å². The number of carbonyl (C=O) groups excluding carboxylic acids is 1. The number of nitrogens with zero attached hydrogens (tertiary/aromatic N) is 3. The van der Waals surface area contributed by atoms with Crippen LogP contribution in [0.3, 0.4) is 0 Å². The first-order chi connectivity index (χ1) is 14.8. The van der Waals surface area contributed by atoms with E-state index in [1.807, 2.05) is 72.8 Å². The van der Waals surface area contributed by atoms with Crippen LogP contribution in [0.4, 0.5) is 0 Å². The average Bonchev–Trinajstić information content (AvgIpc) is 3.32. The lowest BCUT2D eigenvalue weighted by Crippen LogP contribution is -2.31. The SMILES string of the molecule is O=C(NC(Cn1cncn1)c1ccccc1)c1ccc(SCc2ccccc2)cc1. The molecule has 0 saturated carbocycles. The summed E-state index contributed by atoms with van der Waals surface area (Å²) in [6.07, 6.45) is 3.15. The van der Waals surface area contributed by atoms with Crippen LogP contribution in [0.2, 0.25) is 0 Å². The van der Waals surface area contributed by atoms with Crippen LogP contribution in [-0.2, 0) is 12.3 Å². The van der Waals surface area contributed by atoms with Crippen LogP contribution in [0.5, 0.6) is 0 Å². The minimum absolute atomic E-state index is 0.108. The summed E-state index contributed by atoms with van der Waals surface area (Å²) < 4.78 is 1.72. The average molecular weight is 415 g/mol. The third kappa shape index (κ3) is 5.36. The number of nitrogens with one attached hydrogen (secondary N) is 1. The maximum Gasteiger partial charge on any atom is 0.251 e. The van der Waals surface area contributed by atoms with Gasteiger partial charge in [0.05, 0.1) is 12.6 Å². The molecule has 1 atom stereocenters. The summed E-state index contributed by atoms with van der Waals surface area (Å²) in [4.78, 5) is 18.0. The Bertz CT molecular complexity index is 1050. The second-order valence-electron chi connectivity index (χ2n) is 6.85. The van der Waals surface area contributed by atoms with Crippen LogP contribution in [0.15, 0.2) is 102 Å². The monoisotopic (exact) mass is 414 g/mol. The zero-order valence-corrected chi connectivity index (χ0v) is 17.2. The highest BCUT2D eigenvalue weighted by Gasteiger charge is 2.17. The van der Waals surface area contributed by atoms with Gasteiger partial charge in [-0.3, -0.25) is 9.48 Å². The Morgan fingerprint density at radius 3 is 2.30 bits per heavy atom. The fourth-order valence-corrected chi connectivity index (χ4v) is 3.97. The van der Waals surface area contributed by atoms with Crippen molar-refractivity contribution in [2.45, 2.75) is 23.2 Å². The molecule has 1 N–H and O–H groups in total. The van der Waals surface area contributed by atoms with Crippen molar-refractivity contribution in [3.63, 3.8) is 0 Å². The zero-order chi connectivity index (χ0) is 20.6. The first-order valence-electron chi connectivity index (χ1n) is 9.73. The molecule has 0 aliphatic heterocycles. The lowest BCUT2D eigenvalue weighted by molar-refractivity contribution is 0.0931. The van der Waals surface area contributed by atoms with Crippen LogP contribution < -0.4 is 5.32 Å². The van der Waals surface area contributed by atoms with Gasteiger partial charge in [0.1, 0.15) is 12.7 Å². The molecular weight excluding hydrogens is 392 g/mol. The van der Waals surface area contributed by atoms with E-state index in [2.05, 4.69) is 27.5 Å². The van der Waals surface area contributed by atoms with Crippen molar-refractivity contribution in [3.05, 3.63) is 114 Å². The van der Waals surface area contributed by atoms with E-state index in [0.29, 0.717) is 12.1 Å². The number of rotatable bonds is 8. The molecule has 150 valence electrons. The van der Waals surface area contributed by atoms with E-state index in [-0.39, 0.29) is 11.9 Å². The van der Waals surface area contributed by atoms with Crippen molar-refractivity contribution in [1.29, 1.82) is 0 Å². The Kier molecular flexibility index (Phi) is 6.57. The van der Waals surface area contributed by atoms with E-state index in [0.717, 1.165) is 16.2 Å². The zero-order valence-electron chi connectivity index (χ0n) is 16.4. The lowest BCUT2D eigenvalue weighted by Gasteiger charge is -2.19. The second-order valence-corrected chi connectivity index (χ2v) is 7.90. The highest BCUT2D eigenvalue weighted by Crippen LogP contribution is 2.23. The van der Waals surface area contributed by atoms with Crippen LogP contribution in [0.25, 0.3) is 0 Å². The van der Waals surface area contributed by atoms with E-state index < -0.39 is 0 Å². The minimum atomic E-state index is -0.201. The van der Waals surface area contributed by atoms with Gasteiger partial charge < -0.3 is 5.32 Å². The maximum absolute atomic E-state index is 12.9. The molecule has 0 aliphatic carbocycles. The first kappa shape index (κ1) is 19.9. The van der Waals surface area contributed by atoms with Crippen LogP contribution in [-0.4, -0.2) is 20.7 Å². The molecule has 4 aromatic rings. The van der Waals surface area contributed by atoms with Gasteiger partial charge in [-0.1, -0.05) is 60.7 Å². The predicted molar refractivity (Wildman–Crippen MR) is 119 cm³/mol. The van der Waals surface area contributed by atoms with Crippen molar-refractivity contribution < 1.29 is 4.79 Å². The Morgan fingerprint density at radius 1 is 0.933 bits per heavy atom. The van der Waals surface area contributed by atoms with Gasteiger partial charge in [0.25, 0.3) is 5.91 Å². The van der Waals surface area contributed by atoms with E-state index in [1.54, 1.807) is 22.8 Å².